The molecule has 2 N–H and O–H groups in total. The predicted molar refractivity (Wildman–Crippen MR) is 25.1 cm³/mol. The minimum Gasteiger partial charge on any atom is -1.00 e. The van der Waals surface area contributed by atoms with Gasteiger partial charge in [-0.15, -0.1) is 0 Å². The van der Waals surface area contributed by atoms with Gasteiger partial charge in [0.1, 0.15) is 0 Å². The summed E-state index contributed by atoms with van der Waals surface area (Å²) in [7, 11) is 3.25. The van der Waals surface area contributed by atoms with Crippen LogP contribution in [0, 0.1) is 0 Å². The van der Waals surface area contributed by atoms with E-state index in [4.69, 9.17) is 19.7 Å². The molecule has 0 saturated carbocycles. The maximum Gasteiger partial charge on any atom is 2.00 e. The second-order valence-corrected chi connectivity index (χ2v) is 0.283. The van der Waals surface area contributed by atoms with Crippen LogP contribution in [-0.2, 0) is 4.70 Å². The van der Waals surface area contributed by atoms with Gasteiger partial charge in [0.05, 0.1) is 0 Å². The van der Waals surface area contributed by atoms with Crippen molar-refractivity contribution in [3.63, 3.8) is 0 Å². The van der Waals surface area contributed by atoms with E-state index in [1.165, 1.54) is 0 Å². The van der Waals surface area contributed by atoms with Crippen molar-refractivity contribution >= 4 is 62.8 Å². The second-order valence-electron chi connectivity index (χ2n) is 0.283. The van der Waals surface area contributed by atoms with Crippen molar-refractivity contribution in [2.75, 3.05) is 0 Å². The molecule has 4 nitrogen and oxygen atoms in total. The summed E-state index contributed by atoms with van der Waals surface area (Å²) in [5.74, 6) is 0. The monoisotopic (exact) mass is 229 g/mol. The Hall–Kier alpha value is 0.706. The third-order valence-electron chi connectivity index (χ3n) is 0. The van der Waals surface area contributed by atoms with Crippen LogP contribution in [0.3, 0.4) is 0 Å². The van der Waals surface area contributed by atoms with Crippen LogP contribution in [-0.4, -0.2) is 73.0 Å². The van der Waals surface area contributed by atoms with Crippen LogP contribution in [0.2, 0.25) is 0 Å². The molecule has 7 heavy (non-hydrogen) atoms. The molecule has 0 rings (SSSR count). The summed E-state index contributed by atoms with van der Waals surface area (Å²) in [5.41, 5.74) is 0. The van der Waals surface area contributed by atoms with Crippen molar-refractivity contribution < 1.29 is 22.6 Å². The number of carboxylic acid groups (broad SMARTS) is 2. The minimum atomic E-state index is -1.83. The fraction of sp³-hybridized carbons (Fsp3) is 0. The first-order chi connectivity index (χ1) is 2.73. The van der Waals surface area contributed by atoms with E-state index in [1.807, 2.05) is 0 Å². The van der Waals surface area contributed by atoms with Crippen LogP contribution in [0.15, 0.2) is 0 Å². The SMILES string of the molecule is O=C(O)O.[B]=O.[Ba+2].[H-].[H-]. The van der Waals surface area contributed by atoms with Gasteiger partial charge in [-0.25, -0.2) is 4.79 Å². The third-order valence-corrected chi connectivity index (χ3v) is 0. The van der Waals surface area contributed by atoms with Gasteiger partial charge in [0.15, 0.2) is 0 Å². The first kappa shape index (κ1) is 15.6. The van der Waals surface area contributed by atoms with Gasteiger partial charge in [-0.2, -0.15) is 0 Å². The molecule has 0 heterocycles. The van der Waals surface area contributed by atoms with Gasteiger partial charge in [-0.05, 0) is 0 Å². The number of carbonyl (C=O) groups is 1. The molecule has 0 spiro atoms. The Morgan fingerprint density at radius 2 is 1.43 bits per heavy atom. The van der Waals surface area contributed by atoms with E-state index in [-0.39, 0.29) is 51.7 Å². The van der Waals surface area contributed by atoms with E-state index in [1.54, 1.807) is 0 Å². The van der Waals surface area contributed by atoms with Crippen molar-refractivity contribution in [1.29, 1.82) is 0 Å². The average molecular weight is 228 g/mol. The smallest absolute Gasteiger partial charge is 1.00 e. The third kappa shape index (κ3) is 298. The molecule has 37 valence electrons. The summed E-state index contributed by atoms with van der Waals surface area (Å²) in [4.78, 5) is 8.56. The maximum absolute atomic E-state index is 8.56. The molecular weight excluding hydrogens is 224 g/mol. The molecule has 0 atom stereocenters. The Bertz CT molecular complexity index is 49.8. The molecule has 0 aliphatic heterocycles. The Balaban J connectivity index is -0.00000000990. The molecule has 0 aromatic heterocycles. The molecule has 0 aromatic carbocycles. The van der Waals surface area contributed by atoms with Gasteiger partial charge < -0.3 is 13.1 Å². The summed E-state index contributed by atoms with van der Waals surface area (Å²) < 4.78 is 7.75. The first-order valence-corrected chi connectivity index (χ1v) is 0.887. The van der Waals surface area contributed by atoms with Crippen molar-refractivity contribution in [2.45, 2.75) is 0 Å². The fourth-order valence-electron chi connectivity index (χ4n) is 0. The van der Waals surface area contributed by atoms with Crippen LogP contribution in [0.1, 0.15) is 2.85 Å². The van der Waals surface area contributed by atoms with Crippen molar-refractivity contribution in [1.82, 2.24) is 0 Å². The molecular formula is CH4BBaO4. The molecule has 0 saturated heterocycles. The van der Waals surface area contributed by atoms with E-state index >= 15 is 0 Å². The van der Waals surface area contributed by atoms with Crippen LogP contribution in [0.5, 0.6) is 0 Å². The summed E-state index contributed by atoms with van der Waals surface area (Å²) in [5, 5.41) is 13.9. The van der Waals surface area contributed by atoms with Gasteiger partial charge >= 0.3 is 67.5 Å². The molecule has 0 bridgehead atoms. The summed E-state index contributed by atoms with van der Waals surface area (Å²) >= 11 is 0. The van der Waals surface area contributed by atoms with E-state index in [9.17, 15) is 0 Å². The zero-order valence-corrected chi connectivity index (χ0v) is 7.94. The molecule has 0 aliphatic carbocycles. The molecule has 0 amide bonds. The number of rotatable bonds is 0. The quantitative estimate of drug-likeness (QED) is 0.551. The Morgan fingerprint density at radius 1 is 1.43 bits per heavy atom. The zero-order valence-electron chi connectivity index (χ0n) is 5.50. The van der Waals surface area contributed by atoms with Crippen molar-refractivity contribution in [3.05, 3.63) is 0 Å². The van der Waals surface area contributed by atoms with Crippen LogP contribution in [0.25, 0.3) is 0 Å². The summed E-state index contributed by atoms with van der Waals surface area (Å²) in [6.07, 6.45) is -1.83. The summed E-state index contributed by atoms with van der Waals surface area (Å²) in [6.45, 7) is 0. The molecule has 0 aromatic rings. The van der Waals surface area contributed by atoms with Gasteiger partial charge in [0, 0.05) is 0 Å². The van der Waals surface area contributed by atoms with Crippen LogP contribution >= 0.6 is 0 Å². The topological polar surface area (TPSA) is 74.6 Å². The molecule has 0 fully saturated rings. The first-order valence-electron chi connectivity index (χ1n) is 0.887. The van der Waals surface area contributed by atoms with Crippen LogP contribution in [0.4, 0.5) is 4.79 Å². The van der Waals surface area contributed by atoms with Crippen molar-refractivity contribution in [3.8, 4) is 0 Å². The average Bonchev–Trinajstić information content (AvgIpc) is 1.41. The van der Waals surface area contributed by atoms with Crippen LogP contribution < -0.4 is 0 Å². The number of hydrogen-bond acceptors (Lipinski definition) is 2. The second kappa shape index (κ2) is 15.9. The Morgan fingerprint density at radius 3 is 1.43 bits per heavy atom. The largest absolute Gasteiger partial charge is 2.00 e. The molecule has 6 heteroatoms. The normalized spacial score (nSPS) is 3.86. The van der Waals surface area contributed by atoms with Crippen molar-refractivity contribution in [2.24, 2.45) is 0 Å². The predicted octanol–water partition coefficient (Wildman–Crippen LogP) is -0.433. The van der Waals surface area contributed by atoms with Gasteiger partial charge in [0.25, 0.3) is 0 Å². The van der Waals surface area contributed by atoms with E-state index in [0.717, 1.165) is 0 Å². The zero-order chi connectivity index (χ0) is 5.58. The maximum atomic E-state index is 8.56. The molecule has 1 radical (unpaired) electrons. The molecule has 0 unspecified atom stereocenters. The Kier molecular flexibility index (Phi) is 35.5. The van der Waals surface area contributed by atoms with E-state index in [2.05, 4.69) is 7.72 Å². The summed E-state index contributed by atoms with van der Waals surface area (Å²) in [6, 6.07) is 0. The van der Waals surface area contributed by atoms with Gasteiger partial charge in [0.2, 0.25) is 0 Å². The molecule has 0 aliphatic rings. The Labute approximate surface area is 84.4 Å². The van der Waals surface area contributed by atoms with Gasteiger partial charge in [-0.1, -0.05) is 0 Å². The fourth-order valence-corrected chi connectivity index (χ4v) is 0. The number of hydrogen-bond donors (Lipinski definition) is 2. The van der Waals surface area contributed by atoms with Gasteiger partial charge in [-0.3, -0.25) is 0 Å². The van der Waals surface area contributed by atoms with E-state index in [0.29, 0.717) is 0 Å². The minimum absolute atomic E-state index is 0. The van der Waals surface area contributed by atoms with E-state index < -0.39 is 6.16 Å². The standard InChI is InChI=1S/CH2O3.BO.Ba.2H/c2-1(3)4;1-2;;;/h(H2,2,3,4);;;;/q;;+2;2*-1.